The zero-order valence-electron chi connectivity index (χ0n) is 18.3. The fourth-order valence-electron chi connectivity index (χ4n) is 1.26. The maximum Gasteiger partial charge on any atom is 0.328 e. The smallest absolute Gasteiger partial charge is 0.328 e. The van der Waals surface area contributed by atoms with Gasteiger partial charge in [-0.1, -0.05) is 116 Å². The molecule has 3 heteroatoms. The molecule has 0 atom stereocenters. The molecule has 0 aliphatic heterocycles. The van der Waals surface area contributed by atoms with Crippen molar-refractivity contribution in [1.82, 2.24) is 0 Å². The Balaban J connectivity index is -0.000000146. The number of benzene rings is 2. The van der Waals surface area contributed by atoms with Gasteiger partial charge in [0.25, 0.3) is 0 Å². The molecule has 2 aromatic rings. The van der Waals surface area contributed by atoms with E-state index in [0.717, 1.165) is 23.5 Å². The summed E-state index contributed by atoms with van der Waals surface area (Å²) in [6, 6.07) is 18.4. The molecule has 27 heavy (non-hydrogen) atoms. The first-order valence-corrected chi connectivity index (χ1v) is 9.68. The van der Waals surface area contributed by atoms with Gasteiger partial charge in [-0.25, -0.2) is 4.79 Å². The number of carbonyl (C=O) groups is 2. The van der Waals surface area contributed by atoms with E-state index >= 15 is 0 Å². The molecule has 0 radical (unpaired) electrons. The molecule has 2 rings (SSSR count). The van der Waals surface area contributed by atoms with E-state index in [9.17, 15) is 9.59 Å². The van der Waals surface area contributed by atoms with E-state index < -0.39 is 5.97 Å². The lowest BCUT2D eigenvalue weighted by Gasteiger charge is -1.87. The summed E-state index contributed by atoms with van der Waals surface area (Å²) in [5.74, 6) is -0.922. The SMILES string of the molecule is CC.CC.CC.CC.O=C(O)/C=C/c1ccccc1.O=Cc1ccccc1. The largest absolute Gasteiger partial charge is 0.478 e. The molecule has 0 bridgehead atoms. The van der Waals surface area contributed by atoms with Gasteiger partial charge in [0.1, 0.15) is 6.29 Å². The van der Waals surface area contributed by atoms with Crippen molar-refractivity contribution in [3.8, 4) is 0 Å². The van der Waals surface area contributed by atoms with E-state index in [1.807, 2.05) is 104 Å². The minimum absolute atomic E-state index is 0.729. The van der Waals surface area contributed by atoms with Crippen LogP contribution in [0.3, 0.4) is 0 Å². The van der Waals surface area contributed by atoms with Gasteiger partial charge in [0, 0.05) is 11.6 Å². The minimum atomic E-state index is -0.922. The van der Waals surface area contributed by atoms with Crippen LogP contribution in [0.25, 0.3) is 6.08 Å². The molecule has 0 aliphatic rings. The fourth-order valence-corrected chi connectivity index (χ4v) is 1.26. The van der Waals surface area contributed by atoms with Gasteiger partial charge in [0.2, 0.25) is 0 Å². The highest BCUT2D eigenvalue weighted by Gasteiger charge is 1.86. The summed E-state index contributed by atoms with van der Waals surface area (Å²) in [6.07, 6.45) is 3.51. The molecule has 0 saturated carbocycles. The van der Waals surface area contributed by atoms with Crippen molar-refractivity contribution in [3.63, 3.8) is 0 Å². The molecule has 0 saturated heterocycles. The second-order valence-corrected chi connectivity index (χ2v) is 3.61. The van der Waals surface area contributed by atoms with Gasteiger partial charge in [-0.15, -0.1) is 0 Å². The van der Waals surface area contributed by atoms with Crippen molar-refractivity contribution in [2.24, 2.45) is 0 Å². The highest BCUT2D eigenvalue weighted by molar-refractivity contribution is 5.85. The van der Waals surface area contributed by atoms with Crippen LogP contribution in [0, 0.1) is 0 Å². The van der Waals surface area contributed by atoms with Crippen LogP contribution < -0.4 is 0 Å². The standard InChI is InChI=1S/C9H8O2.C7H6O.4C2H6/c10-9(11)7-6-8-4-2-1-3-5-8;8-6-7-4-2-1-3-5-7;4*1-2/h1-7H,(H,10,11);1-6H;4*1-2H3/b7-6+;;;;;. The number of aliphatic carboxylic acids is 1. The molecule has 152 valence electrons. The lowest BCUT2D eigenvalue weighted by atomic mass is 10.2. The van der Waals surface area contributed by atoms with Crippen LogP contribution in [-0.4, -0.2) is 17.4 Å². The van der Waals surface area contributed by atoms with Crippen LogP contribution in [-0.2, 0) is 4.79 Å². The Morgan fingerprint density at radius 1 is 0.667 bits per heavy atom. The predicted octanol–water partition coefficient (Wildman–Crippen LogP) is 7.39. The maximum atomic E-state index is 10.1. The average Bonchev–Trinajstić information content (AvgIpc) is 2.79. The Bertz CT molecular complexity index is 532. The second kappa shape index (κ2) is 31.1. The molecular formula is C24H38O3. The van der Waals surface area contributed by atoms with Gasteiger partial charge in [-0.05, 0) is 11.6 Å². The number of carboxylic acids is 1. The van der Waals surface area contributed by atoms with Crippen molar-refractivity contribution in [2.75, 3.05) is 0 Å². The summed E-state index contributed by atoms with van der Waals surface area (Å²) in [5.41, 5.74) is 1.63. The highest BCUT2D eigenvalue weighted by atomic mass is 16.4. The van der Waals surface area contributed by atoms with Gasteiger partial charge >= 0.3 is 5.97 Å². The van der Waals surface area contributed by atoms with Crippen molar-refractivity contribution < 1.29 is 14.7 Å². The third-order valence-corrected chi connectivity index (χ3v) is 2.15. The van der Waals surface area contributed by atoms with E-state index in [1.165, 1.54) is 0 Å². The van der Waals surface area contributed by atoms with E-state index in [-0.39, 0.29) is 0 Å². The van der Waals surface area contributed by atoms with Crippen molar-refractivity contribution in [1.29, 1.82) is 0 Å². The van der Waals surface area contributed by atoms with Crippen LogP contribution in [0.1, 0.15) is 71.3 Å². The van der Waals surface area contributed by atoms with E-state index in [4.69, 9.17) is 5.11 Å². The van der Waals surface area contributed by atoms with Gasteiger partial charge in [-0.3, -0.25) is 4.79 Å². The van der Waals surface area contributed by atoms with Crippen LogP contribution in [0.2, 0.25) is 0 Å². The summed E-state index contributed by atoms with van der Waals surface area (Å²) in [5, 5.41) is 8.29. The molecule has 0 fully saturated rings. The first-order valence-electron chi connectivity index (χ1n) is 9.68. The molecule has 0 aliphatic carbocycles. The molecule has 0 unspecified atom stereocenters. The third kappa shape index (κ3) is 25.7. The normalized spacial score (nSPS) is 7.56. The molecule has 2 aromatic carbocycles. The predicted molar refractivity (Wildman–Crippen MR) is 120 cm³/mol. The monoisotopic (exact) mass is 374 g/mol. The first kappa shape index (κ1) is 32.0. The summed E-state index contributed by atoms with van der Waals surface area (Å²) in [6.45, 7) is 16.0. The van der Waals surface area contributed by atoms with E-state index in [0.29, 0.717) is 0 Å². The Hall–Kier alpha value is -2.68. The Morgan fingerprint density at radius 3 is 1.26 bits per heavy atom. The van der Waals surface area contributed by atoms with Crippen LogP contribution in [0.4, 0.5) is 0 Å². The quantitative estimate of drug-likeness (QED) is 0.450. The van der Waals surface area contributed by atoms with Gasteiger partial charge < -0.3 is 5.11 Å². The van der Waals surface area contributed by atoms with Crippen LogP contribution in [0.15, 0.2) is 66.7 Å². The first-order chi connectivity index (χ1) is 13.2. The maximum absolute atomic E-state index is 10.1. The van der Waals surface area contributed by atoms with Crippen molar-refractivity contribution in [3.05, 3.63) is 77.9 Å². The number of carbonyl (C=O) groups excluding carboxylic acids is 1. The molecular weight excluding hydrogens is 336 g/mol. The number of rotatable bonds is 3. The molecule has 0 aromatic heterocycles. The molecule has 1 N–H and O–H groups in total. The van der Waals surface area contributed by atoms with Crippen molar-refractivity contribution >= 4 is 18.3 Å². The van der Waals surface area contributed by atoms with Gasteiger partial charge in [-0.2, -0.15) is 0 Å². The van der Waals surface area contributed by atoms with E-state index in [1.54, 1.807) is 18.2 Å². The topological polar surface area (TPSA) is 54.4 Å². The molecule has 3 nitrogen and oxygen atoms in total. The molecule has 0 heterocycles. The number of hydrogen-bond acceptors (Lipinski definition) is 2. The Labute approximate surface area is 166 Å². The van der Waals surface area contributed by atoms with E-state index in [2.05, 4.69) is 0 Å². The average molecular weight is 375 g/mol. The molecule has 0 amide bonds. The van der Waals surface area contributed by atoms with Crippen LogP contribution >= 0.6 is 0 Å². The summed E-state index contributed by atoms with van der Waals surface area (Å²) < 4.78 is 0. The fraction of sp³-hybridized carbons (Fsp3) is 0.333. The zero-order valence-corrected chi connectivity index (χ0v) is 18.3. The molecule has 0 spiro atoms. The van der Waals surface area contributed by atoms with Crippen LogP contribution in [0.5, 0.6) is 0 Å². The Morgan fingerprint density at radius 2 is 1.00 bits per heavy atom. The minimum Gasteiger partial charge on any atom is -0.478 e. The number of carboxylic acid groups (broad SMARTS) is 1. The summed E-state index contributed by atoms with van der Waals surface area (Å²) in [7, 11) is 0. The number of aldehydes is 1. The van der Waals surface area contributed by atoms with Gasteiger partial charge in [0.05, 0.1) is 0 Å². The van der Waals surface area contributed by atoms with Crippen molar-refractivity contribution in [2.45, 2.75) is 55.4 Å². The third-order valence-electron chi connectivity index (χ3n) is 2.15. The number of hydrogen-bond donors (Lipinski definition) is 1. The zero-order chi connectivity index (χ0) is 21.9. The summed E-state index contributed by atoms with van der Waals surface area (Å²) >= 11 is 0. The Kier molecular flexibility index (Phi) is 36.9. The lowest BCUT2D eigenvalue weighted by molar-refractivity contribution is -0.131. The highest BCUT2D eigenvalue weighted by Crippen LogP contribution is 1.99. The second-order valence-electron chi connectivity index (χ2n) is 3.61. The lowest BCUT2D eigenvalue weighted by Crippen LogP contribution is -1.85. The van der Waals surface area contributed by atoms with Gasteiger partial charge in [0.15, 0.2) is 0 Å². The summed E-state index contributed by atoms with van der Waals surface area (Å²) in [4.78, 5) is 20.1.